The molecule has 0 bridgehead atoms. The van der Waals surface area contributed by atoms with Gasteiger partial charge in [0.15, 0.2) is 22.9 Å². The lowest BCUT2D eigenvalue weighted by atomic mass is 9.81. The number of amides is 1. The first-order valence-corrected chi connectivity index (χ1v) is 13.1. The number of anilines is 1. The summed E-state index contributed by atoms with van der Waals surface area (Å²) in [6.45, 7) is 2.69. The molecule has 0 unspecified atom stereocenters. The predicted octanol–water partition coefficient (Wildman–Crippen LogP) is 4.52. The number of ether oxygens (including phenoxy) is 2. The first-order chi connectivity index (χ1) is 18.8. The van der Waals surface area contributed by atoms with Crippen LogP contribution in [0.1, 0.15) is 36.3 Å². The number of aromatic nitrogens is 2. The van der Waals surface area contributed by atoms with E-state index in [1.165, 1.54) is 29.7 Å². The van der Waals surface area contributed by atoms with Crippen molar-refractivity contribution in [3.05, 3.63) is 82.7 Å². The minimum Gasteiger partial charge on any atom is -0.493 e. The quantitative estimate of drug-likeness (QED) is 0.236. The molecular weight excluding hydrogens is 523 g/mol. The van der Waals surface area contributed by atoms with Crippen molar-refractivity contribution in [1.82, 2.24) is 15.3 Å². The number of carbonyl (C=O) groups excluding carboxylic acids is 1. The van der Waals surface area contributed by atoms with Crippen LogP contribution in [0.4, 0.5) is 9.52 Å². The summed E-state index contributed by atoms with van der Waals surface area (Å²) < 4.78 is 26.3. The zero-order chi connectivity index (χ0) is 27.6. The lowest BCUT2D eigenvalue weighted by molar-refractivity contribution is -0.117. The number of hydrogen-bond acceptors (Lipinski definition) is 9. The number of pyridine rings is 1. The van der Waals surface area contributed by atoms with E-state index in [-0.39, 0.29) is 23.5 Å². The predicted molar refractivity (Wildman–Crippen MR) is 144 cm³/mol. The molecule has 4 aromatic rings. The molecule has 2 aromatic carbocycles. The van der Waals surface area contributed by atoms with Crippen LogP contribution in [0, 0.1) is 5.82 Å². The molecule has 0 saturated heterocycles. The third-order valence-corrected chi connectivity index (χ3v) is 7.31. The number of aliphatic hydroxyl groups is 2. The van der Waals surface area contributed by atoms with Gasteiger partial charge in [0.2, 0.25) is 5.91 Å². The van der Waals surface area contributed by atoms with Gasteiger partial charge in [-0.2, -0.15) is 0 Å². The SMILES string of the molecule is COc1cc2c(cc1Oc1ccc(-c3ccc(C(O)O)cc3F)nc1)[C@@](C)(CC(=O)Nc1nccs1)NCC2. The van der Waals surface area contributed by atoms with Crippen LogP contribution in [-0.4, -0.2) is 39.7 Å². The van der Waals surface area contributed by atoms with Crippen molar-refractivity contribution in [3.8, 4) is 28.5 Å². The number of carbonyl (C=O) groups is 1. The fourth-order valence-electron chi connectivity index (χ4n) is 4.68. The van der Waals surface area contributed by atoms with Gasteiger partial charge in [0.05, 0.1) is 19.0 Å². The molecule has 2 aromatic heterocycles. The maximum atomic E-state index is 14.5. The molecular formula is C28H27FN4O5S. The molecule has 1 aliphatic heterocycles. The summed E-state index contributed by atoms with van der Waals surface area (Å²) in [5.41, 5.74) is 1.97. The van der Waals surface area contributed by atoms with Crippen LogP contribution >= 0.6 is 11.3 Å². The van der Waals surface area contributed by atoms with Gasteiger partial charge in [0.1, 0.15) is 11.6 Å². The van der Waals surface area contributed by atoms with Crippen molar-refractivity contribution in [2.45, 2.75) is 31.6 Å². The second-order valence-corrected chi connectivity index (χ2v) is 10.2. The number of hydrogen-bond donors (Lipinski definition) is 4. The molecule has 202 valence electrons. The number of fused-ring (bicyclic) bond motifs is 1. The molecule has 0 aliphatic carbocycles. The number of benzene rings is 2. The Labute approximate surface area is 228 Å². The summed E-state index contributed by atoms with van der Waals surface area (Å²) in [4.78, 5) is 21.3. The number of nitrogens with one attached hydrogen (secondary N) is 2. The van der Waals surface area contributed by atoms with Crippen molar-refractivity contribution in [2.75, 3.05) is 19.0 Å². The summed E-state index contributed by atoms with van der Waals surface area (Å²) in [6.07, 6.45) is 2.32. The topological polar surface area (TPSA) is 126 Å². The van der Waals surface area contributed by atoms with E-state index in [9.17, 15) is 19.4 Å². The summed E-state index contributed by atoms with van der Waals surface area (Å²) in [6, 6.07) is 11.0. The fraction of sp³-hybridized carbons (Fsp3) is 0.250. The molecule has 3 heterocycles. The minimum absolute atomic E-state index is 0.0536. The molecule has 11 heteroatoms. The Morgan fingerprint density at radius 3 is 2.72 bits per heavy atom. The molecule has 0 radical (unpaired) electrons. The highest BCUT2D eigenvalue weighted by molar-refractivity contribution is 7.13. The normalized spacial score (nSPS) is 16.6. The molecule has 1 amide bonds. The maximum Gasteiger partial charge on any atom is 0.228 e. The Morgan fingerprint density at radius 1 is 1.21 bits per heavy atom. The van der Waals surface area contributed by atoms with E-state index in [2.05, 4.69) is 20.6 Å². The van der Waals surface area contributed by atoms with E-state index < -0.39 is 17.6 Å². The summed E-state index contributed by atoms with van der Waals surface area (Å²) >= 11 is 1.36. The molecule has 1 atom stereocenters. The molecule has 0 fully saturated rings. The van der Waals surface area contributed by atoms with Crippen LogP contribution in [0.2, 0.25) is 0 Å². The largest absolute Gasteiger partial charge is 0.493 e. The van der Waals surface area contributed by atoms with Crippen LogP contribution in [0.5, 0.6) is 17.2 Å². The van der Waals surface area contributed by atoms with Gasteiger partial charge in [-0.3, -0.25) is 9.78 Å². The number of rotatable bonds is 8. The molecule has 39 heavy (non-hydrogen) atoms. The van der Waals surface area contributed by atoms with Crippen molar-refractivity contribution < 1.29 is 28.9 Å². The van der Waals surface area contributed by atoms with Gasteiger partial charge >= 0.3 is 0 Å². The minimum atomic E-state index is -1.76. The van der Waals surface area contributed by atoms with E-state index in [1.807, 2.05) is 19.1 Å². The number of aliphatic hydroxyl groups excluding tert-OH is 1. The third kappa shape index (κ3) is 5.76. The van der Waals surface area contributed by atoms with Crippen molar-refractivity contribution in [1.29, 1.82) is 0 Å². The maximum absolute atomic E-state index is 14.5. The lowest BCUT2D eigenvalue weighted by Gasteiger charge is -2.37. The highest BCUT2D eigenvalue weighted by atomic mass is 32.1. The Kier molecular flexibility index (Phi) is 7.58. The van der Waals surface area contributed by atoms with Crippen molar-refractivity contribution in [3.63, 3.8) is 0 Å². The fourth-order valence-corrected chi connectivity index (χ4v) is 5.23. The van der Waals surface area contributed by atoms with Crippen LogP contribution < -0.4 is 20.1 Å². The van der Waals surface area contributed by atoms with E-state index in [4.69, 9.17) is 9.47 Å². The second kappa shape index (κ2) is 11.1. The van der Waals surface area contributed by atoms with E-state index in [0.717, 1.165) is 23.6 Å². The van der Waals surface area contributed by atoms with Gasteiger partial charge in [0, 0.05) is 41.2 Å². The molecule has 0 spiro atoms. The van der Waals surface area contributed by atoms with Crippen molar-refractivity contribution >= 4 is 22.4 Å². The Morgan fingerprint density at radius 2 is 2.05 bits per heavy atom. The number of thiazole rings is 1. The first kappa shape index (κ1) is 26.7. The number of methoxy groups -OCH3 is 1. The van der Waals surface area contributed by atoms with Crippen LogP contribution in [0.15, 0.2) is 60.2 Å². The highest BCUT2D eigenvalue weighted by Gasteiger charge is 2.35. The average molecular weight is 551 g/mol. The monoisotopic (exact) mass is 550 g/mol. The molecule has 4 N–H and O–H groups in total. The summed E-state index contributed by atoms with van der Waals surface area (Å²) in [5, 5.41) is 27.2. The smallest absolute Gasteiger partial charge is 0.228 e. The van der Waals surface area contributed by atoms with Gasteiger partial charge < -0.3 is 30.3 Å². The van der Waals surface area contributed by atoms with Gasteiger partial charge in [-0.1, -0.05) is 6.07 Å². The lowest BCUT2D eigenvalue weighted by Crippen LogP contribution is -2.47. The zero-order valence-electron chi connectivity index (χ0n) is 21.3. The summed E-state index contributed by atoms with van der Waals surface area (Å²) in [7, 11) is 1.56. The number of halogens is 1. The van der Waals surface area contributed by atoms with E-state index >= 15 is 0 Å². The third-order valence-electron chi connectivity index (χ3n) is 6.62. The average Bonchev–Trinajstić information content (AvgIpc) is 3.42. The van der Waals surface area contributed by atoms with Crippen molar-refractivity contribution in [2.24, 2.45) is 0 Å². The van der Waals surface area contributed by atoms with Gasteiger partial charge in [-0.05, 0) is 60.9 Å². The van der Waals surface area contributed by atoms with Gasteiger partial charge in [-0.25, -0.2) is 9.37 Å². The Balaban J connectivity index is 1.39. The van der Waals surface area contributed by atoms with Gasteiger partial charge in [0.25, 0.3) is 0 Å². The zero-order valence-corrected chi connectivity index (χ0v) is 22.1. The number of nitrogens with zero attached hydrogens (tertiary/aromatic N) is 2. The molecule has 9 nitrogen and oxygen atoms in total. The van der Waals surface area contributed by atoms with E-state index in [1.54, 1.807) is 30.8 Å². The highest BCUT2D eigenvalue weighted by Crippen LogP contribution is 2.41. The molecule has 0 saturated carbocycles. The van der Waals surface area contributed by atoms with Gasteiger partial charge in [-0.15, -0.1) is 11.3 Å². The molecule has 5 rings (SSSR count). The Hall–Kier alpha value is -3.90. The van der Waals surface area contributed by atoms with Crippen LogP contribution in [0.25, 0.3) is 11.3 Å². The van der Waals surface area contributed by atoms with E-state index in [0.29, 0.717) is 34.6 Å². The summed E-state index contributed by atoms with van der Waals surface area (Å²) in [5.74, 6) is 0.627. The second-order valence-electron chi connectivity index (χ2n) is 9.33. The first-order valence-electron chi connectivity index (χ1n) is 12.2. The molecule has 1 aliphatic rings. The standard InChI is InChI=1S/C28H27FN4O5S/c1-28(14-25(34)33-27-30-9-10-39-27)20-13-24(23(37-2)12-16(20)7-8-32-28)38-18-4-6-22(31-15-18)19-5-3-17(26(35)36)11-21(19)29/h3-6,9-13,15,26,32,35-36H,7-8,14H2,1-2H3,(H,30,33,34)/t28-/m1/s1. The Bertz CT molecular complexity index is 1480. The van der Waals surface area contributed by atoms with Crippen LogP contribution in [-0.2, 0) is 16.8 Å². The van der Waals surface area contributed by atoms with Crippen LogP contribution in [0.3, 0.4) is 0 Å².